The molecule has 0 aliphatic heterocycles. The van der Waals surface area contributed by atoms with E-state index in [0.717, 1.165) is 40.2 Å². The van der Waals surface area contributed by atoms with Crippen molar-refractivity contribution in [2.75, 3.05) is 5.73 Å². The van der Waals surface area contributed by atoms with Crippen molar-refractivity contribution in [3.8, 4) is 11.1 Å². The van der Waals surface area contributed by atoms with E-state index in [1.165, 1.54) is 5.56 Å². The number of aryl methyl sites for hydroxylation is 2. The smallest absolute Gasteiger partial charge is 0.0613 e. The highest BCUT2D eigenvalue weighted by Crippen LogP contribution is 2.34. The van der Waals surface area contributed by atoms with E-state index in [1.54, 1.807) is 0 Å². The molecule has 0 radical (unpaired) electrons. The molecular formula is C18H28Cl3N3. The second-order valence-electron chi connectivity index (χ2n) is 6.08. The second kappa shape index (κ2) is 10.8. The van der Waals surface area contributed by atoms with Crippen molar-refractivity contribution in [1.29, 1.82) is 0 Å². The Morgan fingerprint density at radius 2 is 1.54 bits per heavy atom. The van der Waals surface area contributed by atoms with Crippen molar-refractivity contribution < 1.29 is 0 Å². The van der Waals surface area contributed by atoms with Crippen LogP contribution in [0.1, 0.15) is 36.4 Å². The molecule has 3 nitrogen and oxygen atoms in total. The number of nitrogen functional groups attached to an aromatic ring is 1. The maximum absolute atomic E-state index is 6.31. The Balaban J connectivity index is 0. The summed E-state index contributed by atoms with van der Waals surface area (Å²) in [6, 6.07) is 8.43. The van der Waals surface area contributed by atoms with Crippen molar-refractivity contribution in [3.63, 3.8) is 0 Å². The summed E-state index contributed by atoms with van der Waals surface area (Å²) in [5.41, 5.74) is 19.5. The molecule has 1 aromatic heterocycles. The molecule has 0 atom stereocenters. The van der Waals surface area contributed by atoms with Gasteiger partial charge in [0.05, 0.1) is 11.4 Å². The molecule has 0 bridgehead atoms. The first-order chi connectivity index (χ1) is 9.93. The van der Waals surface area contributed by atoms with Gasteiger partial charge in [-0.25, -0.2) is 0 Å². The van der Waals surface area contributed by atoms with E-state index in [0.29, 0.717) is 12.5 Å². The largest absolute Gasteiger partial charge is 0.397 e. The van der Waals surface area contributed by atoms with Crippen molar-refractivity contribution >= 4 is 42.9 Å². The summed E-state index contributed by atoms with van der Waals surface area (Å²) in [6.45, 7) is 8.90. The zero-order valence-corrected chi connectivity index (χ0v) is 17.1. The number of benzene rings is 1. The summed E-state index contributed by atoms with van der Waals surface area (Å²) in [6.07, 6.45) is 0.923. The number of aromatic nitrogens is 1. The van der Waals surface area contributed by atoms with Crippen molar-refractivity contribution in [2.24, 2.45) is 11.7 Å². The summed E-state index contributed by atoms with van der Waals surface area (Å²) < 4.78 is 0. The second-order valence-corrected chi connectivity index (χ2v) is 6.08. The predicted molar refractivity (Wildman–Crippen MR) is 112 cm³/mol. The minimum absolute atomic E-state index is 0. The lowest BCUT2D eigenvalue weighted by Crippen LogP contribution is -2.12. The summed E-state index contributed by atoms with van der Waals surface area (Å²) >= 11 is 0. The van der Waals surface area contributed by atoms with Crippen LogP contribution in [0.2, 0.25) is 0 Å². The fourth-order valence-electron chi connectivity index (χ4n) is 2.64. The van der Waals surface area contributed by atoms with Crippen LogP contribution in [0.25, 0.3) is 11.1 Å². The number of halogens is 3. The van der Waals surface area contributed by atoms with Gasteiger partial charge >= 0.3 is 0 Å². The zero-order valence-electron chi connectivity index (χ0n) is 14.6. The van der Waals surface area contributed by atoms with Gasteiger partial charge in [-0.05, 0) is 37.3 Å². The molecule has 0 spiro atoms. The molecule has 2 aromatic rings. The standard InChI is InChI=1S/C18H25N3.3ClH/c1-11(2)9-16-15(10-19)17(18(20)13(4)21-16)14-7-5-12(3)6-8-14;;;/h5-8,11H,9-10,19-20H2,1-4H3;3*1H. The monoisotopic (exact) mass is 391 g/mol. The average Bonchev–Trinajstić information content (AvgIpc) is 2.43. The van der Waals surface area contributed by atoms with Gasteiger partial charge in [0, 0.05) is 17.8 Å². The Hall–Kier alpha value is -1.000. The van der Waals surface area contributed by atoms with E-state index >= 15 is 0 Å². The number of nitrogens with two attached hydrogens (primary N) is 2. The fraction of sp³-hybridized carbons (Fsp3) is 0.389. The highest BCUT2D eigenvalue weighted by molar-refractivity contribution is 5.86. The number of pyridine rings is 1. The molecule has 0 saturated heterocycles. The van der Waals surface area contributed by atoms with Crippen LogP contribution in [-0.4, -0.2) is 4.98 Å². The normalized spacial score (nSPS) is 9.75. The van der Waals surface area contributed by atoms with Gasteiger partial charge in [-0.2, -0.15) is 0 Å². The van der Waals surface area contributed by atoms with Crippen LogP contribution < -0.4 is 11.5 Å². The first kappa shape index (κ1) is 25.2. The highest BCUT2D eigenvalue weighted by Gasteiger charge is 2.17. The van der Waals surface area contributed by atoms with Gasteiger partial charge in [-0.15, -0.1) is 37.2 Å². The van der Waals surface area contributed by atoms with Crippen LogP contribution in [0.4, 0.5) is 5.69 Å². The third-order valence-corrected chi connectivity index (χ3v) is 3.76. The fourth-order valence-corrected chi connectivity index (χ4v) is 2.64. The number of anilines is 1. The molecular weight excluding hydrogens is 365 g/mol. The summed E-state index contributed by atoms with van der Waals surface area (Å²) in [7, 11) is 0. The van der Waals surface area contributed by atoms with E-state index in [9.17, 15) is 0 Å². The molecule has 2 rings (SSSR count). The van der Waals surface area contributed by atoms with E-state index in [-0.39, 0.29) is 37.2 Å². The minimum atomic E-state index is 0. The van der Waals surface area contributed by atoms with E-state index in [4.69, 9.17) is 11.5 Å². The number of rotatable bonds is 4. The van der Waals surface area contributed by atoms with Crippen LogP contribution in [0, 0.1) is 19.8 Å². The lowest BCUT2D eigenvalue weighted by molar-refractivity contribution is 0.629. The summed E-state index contributed by atoms with van der Waals surface area (Å²) in [5.74, 6) is 0.539. The van der Waals surface area contributed by atoms with Crippen molar-refractivity contribution in [2.45, 2.75) is 40.7 Å². The Labute approximate surface area is 163 Å². The molecule has 1 aromatic carbocycles. The lowest BCUT2D eigenvalue weighted by Gasteiger charge is -2.19. The number of hydrogen-bond acceptors (Lipinski definition) is 3. The Morgan fingerprint density at radius 3 is 2.00 bits per heavy atom. The van der Waals surface area contributed by atoms with Gasteiger partial charge < -0.3 is 11.5 Å². The van der Waals surface area contributed by atoms with Crippen LogP contribution in [0.15, 0.2) is 24.3 Å². The molecule has 6 heteroatoms. The van der Waals surface area contributed by atoms with Gasteiger partial charge in [-0.1, -0.05) is 43.7 Å². The lowest BCUT2D eigenvalue weighted by atomic mass is 9.92. The average molecular weight is 393 g/mol. The first-order valence-corrected chi connectivity index (χ1v) is 7.49. The van der Waals surface area contributed by atoms with Gasteiger partial charge in [-0.3, -0.25) is 4.98 Å². The molecule has 1 heterocycles. The topological polar surface area (TPSA) is 64.9 Å². The van der Waals surface area contributed by atoms with E-state index in [1.807, 2.05) is 6.92 Å². The molecule has 4 N–H and O–H groups in total. The summed E-state index contributed by atoms with van der Waals surface area (Å²) in [4.78, 5) is 4.68. The molecule has 0 unspecified atom stereocenters. The number of nitrogens with zero attached hydrogens (tertiary/aromatic N) is 1. The SMILES string of the molecule is Cc1ccc(-c2c(N)c(C)nc(CC(C)C)c2CN)cc1.Cl.Cl.Cl. The quantitative estimate of drug-likeness (QED) is 0.780. The minimum Gasteiger partial charge on any atom is -0.397 e. The van der Waals surface area contributed by atoms with Crippen LogP contribution in [0.5, 0.6) is 0 Å². The molecule has 0 amide bonds. The van der Waals surface area contributed by atoms with Crippen LogP contribution in [-0.2, 0) is 13.0 Å². The Kier molecular flexibility index (Phi) is 11.3. The van der Waals surface area contributed by atoms with Crippen molar-refractivity contribution in [3.05, 3.63) is 46.8 Å². The van der Waals surface area contributed by atoms with Crippen molar-refractivity contribution in [1.82, 2.24) is 4.98 Å². The van der Waals surface area contributed by atoms with Crippen LogP contribution >= 0.6 is 37.2 Å². The van der Waals surface area contributed by atoms with Gasteiger partial charge in [0.15, 0.2) is 0 Å². The Morgan fingerprint density at radius 1 is 1.00 bits per heavy atom. The van der Waals surface area contributed by atoms with Gasteiger partial charge in [0.2, 0.25) is 0 Å². The molecule has 0 fully saturated rings. The van der Waals surface area contributed by atoms with Crippen LogP contribution in [0.3, 0.4) is 0 Å². The maximum Gasteiger partial charge on any atom is 0.0613 e. The van der Waals surface area contributed by atoms with Gasteiger partial charge in [0.25, 0.3) is 0 Å². The molecule has 24 heavy (non-hydrogen) atoms. The number of hydrogen-bond donors (Lipinski definition) is 2. The molecule has 0 aliphatic rings. The third-order valence-electron chi connectivity index (χ3n) is 3.76. The Bertz CT molecular complexity index is 641. The maximum atomic E-state index is 6.31. The highest BCUT2D eigenvalue weighted by atomic mass is 35.5. The molecule has 136 valence electrons. The van der Waals surface area contributed by atoms with E-state index < -0.39 is 0 Å². The third kappa shape index (κ3) is 5.52. The van der Waals surface area contributed by atoms with Gasteiger partial charge in [0.1, 0.15) is 0 Å². The summed E-state index contributed by atoms with van der Waals surface area (Å²) in [5, 5.41) is 0. The zero-order chi connectivity index (χ0) is 15.6. The predicted octanol–water partition coefficient (Wildman–Crippen LogP) is 4.87. The molecule has 0 aliphatic carbocycles. The van der Waals surface area contributed by atoms with E-state index in [2.05, 4.69) is 50.0 Å². The molecule has 0 saturated carbocycles. The first-order valence-electron chi connectivity index (χ1n) is 7.49.